The molecule has 4 rings (SSSR count). The summed E-state index contributed by atoms with van der Waals surface area (Å²) in [4.78, 5) is 12.4. The van der Waals surface area contributed by atoms with Gasteiger partial charge in [-0.05, 0) is 40.7 Å². The van der Waals surface area contributed by atoms with Gasteiger partial charge in [-0.3, -0.25) is 0 Å². The number of aliphatic hydroxyl groups excluding tert-OH is 1. The van der Waals surface area contributed by atoms with Gasteiger partial charge < -0.3 is 15.2 Å². The van der Waals surface area contributed by atoms with Gasteiger partial charge in [-0.1, -0.05) is 78.9 Å². The van der Waals surface area contributed by atoms with E-state index in [-0.39, 0.29) is 25.2 Å². The van der Waals surface area contributed by atoms with Gasteiger partial charge in [0.25, 0.3) is 0 Å². The number of aliphatic hydroxyl groups is 1. The minimum atomic E-state index is -0.487. The van der Waals surface area contributed by atoms with Crippen LogP contribution < -0.4 is 5.32 Å². The molecule has 0 bridgehead atoms. The first-order chi connectivity index (χ1) is 14.3. The van der Waals surface area contributed by atoms with Crippen molar-refractivity contribution in [3.63, 3.8) is 0 Å². The van der Waals surface area contributed by atoms with E-state index < -0.39 is 6.09 Å². The van der Waals surface area contributed by atoms with Gasteiger partial charge in [0.15, 0.2) is 0 Å². The molecule has 4 nitrogen and oxygen atoms in total. The van der Waals surface area contributed by atoms with Crippen LogP contribution in [0, 0.1) is 0 Å². The molecule has 0 radical (unpaired) electrons. The quantitative estimate of drug-likeness (QED) is 0.627. The smallest absolute Gasteiger partial charge is 0.407 e. The lowest BCUT2D eigenvalue weighted by Crippen LogP contribution is -2.38. The summed E-state index contributed by atoms with van der Waals surface area (Å²) in [6.45, 7) is 0.160. The minimum Gasteiger partial charge on any atom is -0.449 e. The predicted molar refractivity (Wildman–Crippen MR) is 114 cm³/mol. The topological polar surface area (TPSA) is 58.6 Å². The third-order valence-corrected chi connectivity index (χ3v) is 5.51. The van der Waals surface area contributed by atoms with Gasteiger partial charge in [-0.25, -0.2) is 4.79 Å². The minimum absolute atomic E-state index is 0.0324. The van der Waals surface area contributed by atoms with Crippen molar-refractivity contribution in [3.8, 4) is 11.1 Å². The van der Waals surface area contributed by atoms with Crippen molar-refractivity contribution in [2.45, 2.75) is 24.8 Å². The van der Waals surface area contributed by atoms with E-state index in [0.29, 0.717) is 6.42 Å². The Morgan fingerprint density at radius 3 is 2.10 bits per heavy atom. The molecule has 0 heterocycles. The van der Waals surface area contributed by atoms with Crippen molar-refractivity contribution in [1.29, 1.82) is 0 Å². The number of amides is 1. The largest absolute Gasteiger partial charge is 0.449 e. The van der Waals surface area contributed by atoms with E-state index >= 15 is 0 Å². The van der Waals surface area contributed by atoms with Crippen LogP contribution in [0.2, 0.25) is 0 Å². The van der Waals surface area contributed by atoms with Crippen molar-refractivity contribution >= 4 is 6.09 Å². The standard InChI is InChI=1S/C25H25NO3/c27-16-19(15-14-18-8-2-1-3-9-18)26-25(28)29-17-24-22-12-6-4-10-20(22)21-11-5-7-13-23(21)24/h1-13,19,24,27H,14-17H2,(H,26,28)/t19-/m1/s1. The number of aryl methyl sites for hydroxylation is 1. The molecule has 2 N–H and O–H groups in total. The molecule has 148 valence electrons. The second-order valence-corrected chi connectivity index (χ2v) is 7.37. The Bertz CT molecular complexity index is 925. The summed E-state index contributed by atoms with van der Waals surface area (Å²) in [6, 6.07) is 26.2. The number of fused-ring (bicyclic) bond motifs is 3. The first-order valence-electron chi connectivity index (χ1n) is 10.0. The van der Waals surface area contributed by atoms with Gasteiger partial charge in [-0.2, -0.15) is 0 Å². The molecular weight excluding hydrogens is 362 g/mol. The van der Waals surface area contributed by atoms with E-state index in [1.54, 1.807) is 0 Å². The Hall–Kier alpha value is -3.11. The predicted octanol–water partition coefficient (Wildman–Crippen LogP) is 4.52. The highest BCUT2D eigenvalue weighted by Gasteiger charge is 2.29. The Morgan fingerprint density at radius 1 is 0.897 bits per heavy atom. The molecule has 29 heavy (non-hydrogen) atoms. The van der Waals surface area contributed by atoms with E-state index in [1.165, 1.54) is 27.8 Å². The highest BCUT2D eigenvalue weighted by molar-refractivity contribution is 5.79. The van der Waals surface area contributed by atoms with E-state index in [0.717, 1.165) is 6.42 Å². The number of ether oxygens (including phenoxy) is 1. The van der Waals surface area contributed by atoms with Gasteiger partial charge >= 0.3 is 6.09 Å². The molecule has 0 aliphatic heterocycles. The summed E-state index contributed by atoms with van der Waals surface area (Å²) < 4.78 is 5.56. The van der Waals surface area contributed by atoms with Crippen LogP contribution in [0.15, 0.2) is 78.9 Å². The summed E-state index contributed by atoms with van der Waals surface area (Å²) in [6.07, 6.45) is 0.958. The maximum atomic E-state index is 12.4. The van der Waals surface area contributed by atoms with Gasteiger partial charge in [0.1, 0.15) is 6.61 Å². The first-order valence-corrected chi connectivity index (χ1v) is 10.0. The van der Waals surface area contributed by atoms with Crippen LogP contribution >= 0.6 is 0 Å². The number of carbonyl (C=O) groups excluding carboxylic acids is 1. The first kappa shape index (κ1) is 19.2. The molecule has 4 heteroatoms. The van der Waals surface area contributed by atoms with E-state index in [9.17, 15) is 9.90 Å². The van der Waals surface area contributed by atoms with Crippen LogP contribution in [0.4, 0.5) is 4.79 Å². The average molecular weight is 387 g/mol. The highest BCUT2D eigenvalue weighted by Crippen LogP contribution is 2.44. The Morgan fingerprint density at radius 2 is 1.48 bits per heavy atom. The summed E-state index contributed by atoms with van der Waals surface area (Å²) in [5.74, 6) is 0.0324. The molecule has 0 unspecified atom stereocenters. The SMILES string of the molecule is O=C(N[C@@H](CO)CCc1ccccc1)OCC1c2ccccc2-c2ccccc21. The second-order valence-electron chi connectivity index (χ2n) is 7.37. The van der Waals surface area contributed by atoms with Gasteiger partial charge in [0.05, 0.1) is 12.6 Å². The van der Waals surface area contributed by atoms with Crippen molar-refractivity contribution in [1.82, 2.24) is 5.32 Å². The number of carbonyl (C=O) groups is 1. The zero-order valence-electron chi connectivity index (χ0n) is 16.3. The molecule has 0 fully saturated rings. The normalized spacial score (nSPS) is 13.4. The summed E-state index contributed by atoms with van der Waals surface area (Å²) in [5, 5.41) is 12.4. The number of hydrogen-bond donors (Lipinski definition) is 2. The molecule has 1 aliphatic rings. The Labute approximate surface area is 171 Å². The van der Waals surface area contributed by atoms with Gasteiger partial charge in [0, 0.05) is 5.92 Å². The van der Waals surface area contributed by atoms with Gasteiger partial charge in [-0.15, -0.1) is 0 Å². The van der Waals surface area contributed by atoms with Crippen molar-refractivity contribution in [3.05, 3.63) is 95.6 Å². The van der Waals surface area contributed by atoms with Crippen molar-refractivity contribution < 1.29 is 14.6 Å². The number of hydrogen-bond acceptors (Lipinski definition) is 3. The molecule has 3 aromatic rings. The average Bonchev–Trinajstić information content (AvgIpc) is 3.09. The monoisotopic (exact) mass is 387 g/mol. The number of benzene rings is 3. The lowest BCUT2D eigenvalue weighted by Gasteiger charge is -2.18. The zero-order valence-corrected chi connectivity index (χ0v) is 16.3. The van der Waals surface area contributed by atoms with Crippen LogP contribution in [0.25, 0.3) is 11.1 Å². The molecule has 0 saturated carbocycles. The maximum absolute atomic E-state index is 12.4. The summed E-state index contributed by atoms with van der Waals surface area (Å²) in [7, 11) is 0. The van der Waals surface area contributed by atoms with Crippen LogP contribution in [0.5, 0.6) is 0 Å². The Kier molecular flexibility index (Phi) is 5.92. The van der Waals surface area contributed by atoms with Crippen molar-refractivity contribution in [2.24, 2.45) is 0 Å². The molecule has 0 saturated heterocycles. The number of rotatable bonds is 7. The van der Waals surface area contributed by atoms with Crippen LogP contribution in [0.3, 0.4) is 0 Å². The molecule has 0 aromatic heterocycles. The maximum Gasteiger partial charge on any atom is 0.407 e. The van der Waals surface area contributed by atoms with E-state index in [2.05, 4.69) is 29.6 Å². The molecule has 1 amide bonds. The van der Waals surface area contributed by atoms with E-state index in [1.807, 2.05) is 54.6 Å². The highest BCUT2D eigenvalue weighted by atomic mass is 16.5. The fraction of sp³-hybridized carbons (Fsp3) is 0.240. The number of alkyl carbamates (subject to hydrolysis) is 1. The molecular formula is C25H25NO3. The van der Waals surface area contributed by atoms with E-state index in [4.69, 9.17) is 4.74 Å². The Balaban J connectivity index is 1.35. The summed E-state index contributed by atoms with van der Waals surface area (Å²) >= 11 is 0. The molecule has 3 aromatic carbocycles. The third-order valence-electron chi connectivity index (χ3n) is 5.51. The van der Waals surface area contributed by atoms with Crippen LogP contribution in [0.1, 0.15) is 29.0 Å². The fourth-order valence-corrected chi connectivity index (χ4v) is 4.00. The lowest BCUT2D eigenvalue weighted by molar-refractivity contribution is 0.131. The molecule has 1 atom stereocenters. The van der Waals surface area contributed by atoms with Crippen molar-refractivity contribution in [2.75, 3.05) is 13.2 Å². The molecule has 1 aliphatic carbocycles. The van der Waals surface area contributed by atoms with Gasteiger partial charge in [0.2, 0.25) is 0 Å². The van der Waals surface area contributed by atoms with Crippen LogP contribution in [-0.2, 0) is 11.2 Å². The zero-order chi connectivity index (χ0) is 20.1. The molecule has 0 spiro atoms. The number of nitrogens with one attached hydrogen (secondary N) is 1. The third kappa shape index (κ3) is 4.33. The lowest BCUT2D eigenvalue weighted by atomic mass is 9.98. The summed E-state index contributed by atoms with van der Waals surface area (Å²) in [5.41, 5.74) is 5.95. The van der Waals surface area contributed by atoms with Crippen LogP contribution in [-0.4, -0.2) is 30.5 Å². The fourth-order valence-electron chi connectivity index (χ4n) is 4.00. The second kappa shape index (κ2) is 8.93.